The molecule has 3 rings (SSSR count). The van der Waals surface area contributed by atoms with Crippen LogP contribution < -0.4 is 15.5 Å². The normalized spacial score (nSPS) is 14.3. The highest BCUT2D eigenvalue weighted by atomic mass is 16.2. The topological polar surface area (TPSA) is 64.7 Å². The SMILES string of the molecule is CN(CCCNC(=O)C1CCN(C(=O)Nc2ccccc2)CC1)c1ccccc1. The lowest BCUT2D eigenvalue weighted by atomic mass is 9.96. The molecule has 6 heteroatoms. The van der Waals surface area contributed by atoms with Crippen LogP contribution in [0.5, 0.6) is 0 Å². The fourth-order valence-electron chi connectivity index (χ4n) is 3.55. The number of carbonyl (C=O) groups excluding carboxylic acids is 2. The van der Waals surface area contributed by atoms with Crippen molar-refractivity contribution >= 4 is 23.3 Å². The molecular weight excluding hydrogens is 364 g/mol. The standard InChI is InChI=1S/C23H30N4O2/c1-26(21-11-6-3-7-12-21)16-8-15-24-22(28)19-13-17-27(18-14-19)23(29)25-20-9-4-2-5-10-20/h2-7,9-12,19H,8,13-18H2,1H3,(H,24,28)(H,25,29). The van der Waals surface area contributed by atoms with Crippen LogP contribution in [0.15, 0.2) is 60.7 Å². The third kappa shape index (κ3) is 6.24. The van der Waals surface area contributed by atoms with Crippen molar-refractivity contribution in [3.8, 4) is 0 Å². The Morgan fingerprint density at radius 1 is 1.00 bits per heavy atom. The van der Waals surface area contributed by atoms with Crippen molar-refractivity contribution in [1.82, 2.24) is 10.2 Å². The van der Waals surface area contributed by atoms with Gasteiger partial charge in [-0.25, -0.2) is 4.79 Å². The minimum absolute atomic E-state index is 0.0115. The van der Waals surface area contributed by atoms with E-state index in [9.17, 15) is 9.59 Å². The summed E-state index contributed by atoms with van der Waals surface area (Å²) in [4.78, 5) is 28.8. The van der Waals surface area contributed by atoms with E-state index >= 15 is 0 Å². The molecule has 1 fully saturated rings. The highest BCUT2D eigenvalue weighted by Crippen LogP contribution is 2.18. The van der Waals surface area contributed by atoms with E-state index in [4.69, 9.17) is 0 Å². The van der Waals surface area contributed by atoms with Crippen LogP contribution in [0, 0.1) is 5.92 Å². The second kappa shape index (κ2) is 10.5. The molecule has 0 spiro atoms. The van der Waals surface area contributed by atoms with Crippen LogP contribution in [0.1, 0.15) is 19.3 Å². The van der Waals surface area contributed by atoms with Crippen LogP contribution in [0.3, 0.4) is 0 Å². The summed E-state index contributed by atoms with van der Waals surface area (Å²) < 4.78 is 0. The number of nitrogens with one attached hydrogen (secondary N) is 2. The van der Waals surface area contributed by atoms with Crippen molar-refractivity contribution in [2.24, 2.45) is 5.92 Å². The number of urea groups is 1. The highest BCUT2D eigenvalue weighted by Gasteiger charge is 2.27. The second-order valence-electron chi connectivity index (χ2n) is 7.46. The molecular formula is C23H30N4O2. The molecule has 29 heavy (non-hydrogen) atoms. The maximum atomic E-state index is 12.4. The largest absolute Gasteiger partial charge is 0.375 e. The van der Waals surface area contributed by atoms with Gasteiger partial charge in [0.15, 0.2) is 0 Å². The number of carbonyl (C=O) groups is 2. The number of hydrogen-bond donors (Lipinski definition) is 2. The maximum absolute atomic E-state index is 12.4. The van der Waals surface area contributed by atoms with Crippen LogP contribution in [0.4, 0.5) is 16.2 Å². The molecule has 154 valence electrons. The van der Waals surface area contributed by atoms with Crippen LogP contribution in [-0.2, 0) is 4.79 Å². The Bertz CT molecular complexity index is 774. The Hall–Kier alpha value is -3.02. The zero-order valence-electron chi connectivity index (χ0n) is 17.0. The number of rotatable bonds is 7. The Kier molecular flexibility index (Phi) is 7.50. The number of hydrogen-bond acceptors (Lipinski definition) is 3. The third-order valence-corrected chi connectivity index (χ3v) is 5.34. The van der Waals surface area contributed by atoms with Gasteiger partial charge in [0.1, 0.15) is 0 Å². The molecule has 0 atom stereocenters. The van der Waals surface area contributed by atoms with Gasteiger partial charge in [0.2, 0.25) is 5.91 Å². The Morgan fingerprint density at radius 2 is 1.62 bits per heavy atom. The average Bonchev–Trinajstić information content (AvgIpc) is 2.77. The van der Waals surface area contributed by atoms with Crippen molar-refractivity contribution in [2.75, 3.05) is 43.4 Å². The first-order valence-electron chi connectivity index (χ1n) is 10.3. The van der Waals surface area contributed by atoms with Crippen molar-refractivity contribution < 1.29 is 9.59 Å². The minimum atomic E-state index is -0.0981. The molecule has 0 saturated carbocycles. The molecule has 0 unspecified atom stereocenters. The van der Waals surface area contributed by atoms with E-state index in [2.05, 4.69) is 34.7 Å². The summed E-state index contributed by atoms with van der Waals surface area (Å²) >= 11 is 0. The number of benzene rings is 2. The first-order valence-corrected chi connectivity index (χ1v) is 10.3. The summed E-state index contributed by atoms with van der Waals surface area (Å²) in [5.41, 5.74) is 1.97. The molecule has 1 heterocycles. The summed E-state index contributed by atoms with van der Waals surface area (Å²) in [5, 5.41) is 5.96. The second-order valence-corrected chi connectivity index (χ2v) is 7.46. The number of nitrogens with zero attached hydrogens (tertiary/aromatic N) is 2. The van der Waals surface area contributed by atoms with E-state index in [1.54, 1.807) is 4.90 Å². The summed E-state index contributed by atoms with van der Waals surface area (Å²) in [5.74, 6) is 0.0955. The van der Waals surface area contributed by atoms with E-state index in [1.807, 2.05) is 48.5 Å². The summed E-state index contributed by atoms with van der Waals surface area (Å²) in [6, 6.07) is 19.6. The lowest BCUT2D eigenvalue weighted by Crippen LogP contribution is -2.44. The first kappa shape index (κ1) is 20.7. The average molecular weight is 395 g/mol. The highest BCUT2D eigenvalue weighted by molar-refractivity contribution is 5.89. The van der Waals surface area contributed by atoms with E-state index in [0.717, 1.165) is 18.7 Å². The van der Waals surface area contributed by atoms with E-state index < -0.39 is 0 Å². The zero-order valence-corrected chi connectivity index (χ0v) is 17.0. The van der Waals surface area contributed by atoms with Crippen LogP contribution in [0.25, 0.3) is 0 Å². The van der Waals surface area contributed by atoms with Crippen LogP contribution in [-0.4, -0.2) is 50.1 Å². The predicted molar refractivity (Wildman–Crippen MR) is 117 cm³/mol. The van der Waals surface area contributed by atoms with Gasteiger partial charge in [0.25, 0.3) is 0 Å². The third-order valence-electron chi connectivity index (χ3n) is 5.34. The maximum Gasteiger partial charge on any atom is 0.321 e. The lowest BCUT2D eigenvalue weighted by molar-refractivity contribution is -0.126. The van der Waals surface area contributed by atoms with E-state index in [0.29, 0.717) is 32.5 Å². The van der Waals surface area contributed by atoms with Gasteiger partial charge in [-0.05, 0) is 43.5 Å². The summed E-state index contributed by atoms with van der Waals surface area (Å²) in [7, 11) is 2.06. The lowest BCUT2D eigenvalue weighted by Gasteiger charge is -2.31. The fraction of sp³-hybridized carbons (Fsp3) is 0.391. The quantitative estimate of drug-likeness (QED) is 0.706. The Balaban J connectivity index is 1.33. The van der Waals surface area contributed by atoms with Crippen molar-refractivity contribution in [2.45, 2.75) is 19.3 Å². The van der Waals surface area contributed by atoms with Crippen LogP contribution >= 0.6 is 0 Å². The molecule has 0 radical (unpaired) electrons. The van der Waals surface area contributed by atoms with Gasteiger partial charge in [-0.2, -0.15) is 0 Å². The molecule has 0 aromatic heterocycles. The number of amides is 3. The molecule has 2 aromatic rings. The van der Waals surface area contributed by atoms with Crippen molar-refractivity contribution in [1.29, 1.82) is 0 Å². The molecule has 6 nitrogen and oxygen atoms in total. The van der Waals surface area contributed by atoms with Gasteiger partial charge in [-0.1, -0.05) is 36.4 Å². The van der Waals surface area contributed by atoms with Gasteiger partial charge in [0, 0.05) is 50.5 Å². The number of likely N-dealkylation sites (tertiary alicyclic amines) is 1. The van der Waals surface area contributed by atoms with Crippen LogP contribution in [0.2, 0.25) is 0 Å². The predicted octanol–water partition coefficient (Wildman–Crippen LogP) is 3.57. The molecule has 2 N–H and O–H groups in total. The molecule has 1 saturated heterocycles. The van der Waals surface area contributed by atoms with Gasteiger partial charge in [-0.15, -0.1) is 0 Å². The van der Waals surface area contributed by atoms with Crippen molar-refractivity contribution in [3.05, 3.63) is 60.7 Å². The van der Waals surface area contributed by atoms with Gasteiger partial charge < -0.3 is 20.4 Å². The smallest absolute Gasteiger partial charge is 0.321 e. The first-order chi connectivity index (χ1) is 14.1. The number of para-hydroxylation sites is 2. The summed E-state index contributed by atoms with van der Waals surface area (Å²) in [6.45, 7) is 2.77. The van der Waals surface area contributed by atoms with E-state index in [-0.39, 0.29) is 17.9 Å². The summed E-state index contributed by atoms with van der Waals surface area (Å²) in [6.07, 6.45) is 2.31. The monoisotopic (exact) mass is 394 g/mol. The van der Waals surface area contributed by atoms with Gasteiger partial charge >= 0.3 is 6.03 Å². The van der Waals surface area contributed by atoms with Crippen molar-refractivity contribution in [3.63, 3.8) is 0 Å². The molecule has 2 aromatic carbocycles. The van der Waals surface area contributed by atoms with Gasteiger partial charge in [-0.3, -0.25) is 4.79 Å². The minimum Gasteiger partial charge on any atom is -0.375 e. The molecule has 0 bridgehead atoms. The zero-order chi connectivity index (χ0) is 20.5. The molecule has 1 aliphatic heterocycles. The molecule has 1 aliphatic rings. The number of piperidine rings is 1. The molecule has 0 aliphatic carbocycles. The Morgan fingerprint density at radius 3 is 2.28 bits per heavy atom. The van der Waals surface area contributed by atoms with E-state index in [1.165, 1.54) is 5.69 Å². The number of anilines is 2. The van der Waals surface area contributed by atoms with Gasteiger partial charge in [0.05, 0.1) is 0 Å². The molecule has 3 amide bonds. The Labute approximate surface area is 172 Å². The fourth-order valence-corrected chi connectivity index (χ4v) is 3.55.